The van der Waals surface area contributed by atoms with E-state index in [1.807, 2.05) is 34.1 Å². The Labute approximate surface area is 172 Å². The summed E-state index contributed by atoms with van der Waals surface area (Å²) in [6.07, 6.45) is 8.41. The van der Waals surface area contributed by atoms with Crippen LogP contribution in [0.1, 0.15) is 99.8 Å². The average molecular weight is 389 g/mol. The maximum absolute atomic E-state index is 12.9. The van der Waals surface area contributed by atoms with E-state index in [-0.39, 0.29) is 11.8 Å². The van der Waals surface area contributed by atoms with Crippen molar-refractivity contribution in [2.75, 3.05) is 26.2 Å². The van der Waals surface area contributed by atoms with Crippen LogP contribution in [-0.4, -0.2) is 47.8 Å². The van der Waals surface area contributed by atoms with Crippen LogP contribution in [0.25, 0.3) is 0 Å². The summed E-state index contributed by atoms with van der Waals surface area (Å²) >= 11 is 0. The van der Waals surface area contributed by atoms with Crippen molar-refractivity contribution in [1.82, 2.24) is 9.80 Å². The molecule has 0 aromatic heterocycles. The lowest BCUT2D eigenvalue weighted by molar-refractivity contribution is 0.0739. The highest BCUT2D eigenvalue weighted by Crippen LogP contribution is 2.13. The fourth-order valence-corrected chi connectivity index (χ4v) is 3.15. The van der Waals surface area contributed by atoms with Crippen molar-refractivity contribution in [2.45, 2.75) is 79.1 Å². The molecular formula is C24H40N2O2. The first-order valence-electron chi connectivity index (χ1n) is 11.3. The second-order valence-corrected chi connectivity index (χ2v) is 7.58. The second-order valence-electron chi connectivity index (χ2n) is 7.58. The Morgan fingerprint density at radius 2 is 0.821 bits per heavy atom. The number of rotatable bonds is 14. The third-order valence-electron chi connectivity index (χ3n) is 5.08. The van der Waals surface area contributed by atoms with Gasteiger partial charge in [0.1, 0.15) is 0 Å². The van der Waals surface area contributed by atoms with Gasteiger partial charge in [-0.15, -0.1) is 0 Å². The first-order valence-corrected chi connectivity index (χ1v) is 11.3. The Morgan fingerprint density at radius 1 is 0.571 bits per heavy atom. The molecule has 0 radical (unpaired) electrons. The largest absolute Gasteiger partial charge is 0.339 e. The maximum atomic E-state index is 12.9. The summed E-state index contributed by atoms with van der Waals surface area (Å²) in [6.45, 7) is 11.8. The lowest BCUT2D eigenvalue weighted by Crippen LogP contribution is -2.34. The highest BCUT2D eigenvalue weighted by atomic mass is 16.2. The molecule has 0 fully saturated rings. The number of amides is 2. The minimum atomic E-state index is 0.0784. The maximum Gasteiger partial charge on any atom is 0.253 e. The van der Waals surface area contributed by atoms with E-state index in [9.17, 15) is 9.59 Å². The molecule has 158 valence electrons. The Hall–Kier alpha value is -1.84. The molecule has 0 saturated heterocycles. The Kier molecular flexibility index (Phi) is 12.3. The predicted octanol–water partition coefficient (Wildman–Crippen LogP) is 5.77. The van der Waals surface area contributed by atoms with E-state index in [4.69, 9.17) is 0 Å². The normalized spacial score (nSPS) is 10.7. The van der Waals surface area contributed by atoms with Crippen LogP contribution in [0.2, 0.25) is 0 Å². The lowest BCUT2D eigenvalue weighted by Gasteiger charge is -2.24. The second kappa shape index (κ2) is 14.2. The minimum Gasteiger partial charge on any atom is -0.339 e. The van der Waals surface area contributed by atoms with Crippen molar-refractivity contribution in [1.29, 1.82) is 0 Å². The van der Waals surface area contributed by atoms with Gasteiger partial charge in [0.05, 0.1) is 0 Å². The highest BCUT2D eigenvalue weighted by molar-refractivity contribution is 5.97. The molecule has 0 spiro atoms. The van der Waals surface area contributed by atoms with E-state index in [1.54, 1.807) is 0 Å². The van der Waals surface area contributed by atoms with Crippen LogP contribution < -0.4 is 0 Å². The van der Waals surface area contributed by atoms with E-state index in [2.05, 4.69) is 27.7 Å². The van der Waals surface area contributed by atoms with Gasteiger partial charge in [0.2, 0.25) is 0 Å². The van der Waals surface area contributed by atoms with Gasteiger partial charge in [-0.05, 0) is 49.9 Å². The number of carbonyl (C=O) groups is 2. The van der Waals surface area contributed by atoms with Crippen molar-refractivity contribution >= 4 is 11.8 Å². The fourth-order valence-electron chi connectivity index (χ4n) is 3.15. The molecule has 0 aliphatic heterocycles. The van der Waals surface area contributed by atoms with Crippen molar-refractivity contribution < 1.29 is 9.59 Å². The molecule has 0 aliphatic carbocycles. The number of carbonyl (C=O) groups excluding carboxylic acids is 2. The fraction of sp³-hybridized carbons (Fsp3) is 0.667. The molecule has 0 bridgehead atoms. The van der Waals surface area contributed by atoms with Gasteiger partial charge in [-0.25, -0.2) is 0 Å². The molecule has 1 rings (SSSR count). The Morgan fingerprint density at radius 3 is 1.04 bits per heavy atom. The van der Waals surface area contributed by atoms with Crippen LogP contribution in [0.3, 0.4) is 0 Å². The Bertz CT molecular complexity index is 501. The molecule has 2 amide bonds. The number of hydrogen-bond donors (Lipinski definition) is 0. The van der Waals surface area contributed by atoms with Gasteiger partial charge in [0.25, 0.3) is 11.8 Å². The Balaban J connectivity index is 2.85. The topological polar surface area (TPSA) is 40.6 Å². The first kappa shape index (κ1) is 24.2. The van der Waals surface area contributed by atoms with E-state index in [1.165, 1.54) is 0 Å². The number of unbranched alkanes of at least 4 members (excludes halogenated alkanes) is 4. The summed E-state index contributed by atoms with van der Waals surface area (Å²) in [5.74, 6) is 0.157. The monoisotopic (exact) mass is 388 g/mol. The van der Waals surface area contributed by atoms with Gasteiger partial charge < -0.3 is 9.80 Å². The molecule has 0 saturated carbocycles. The molecule has 0 aliphatic rings. The number of benzene rings is 1. The SMILES string of the molecule is CCCCN(CCCC)C(=O)c1ccc(C(=O)N(CCCC)CCCC)cc1. The molecule has 0 heterocycles. The molecule has 4 nitrogen and oxygen atoms in total. The van der Waals surface area contributed by atoms with E-state index in [0.717, 1.165) is 77.5 Å². The van der Waals surface area contributed by atoms with Crippen LogP contribution in [0.15, 0.2) is 24.3 Å². The van der Waals surface area contributed by atoms with Crippen LogP contribution >= 0.6 is 0 Å². The van der Waals surface area contributed by atoms with Crippen molar-refractivity contribution in [2.24, 2.45) is 0 Å². The molecule has 0 N–H and O–H groups in total. The van der Waals surface area contributed by atoms with Crippen molar-refractivity contribution in [3.8, 4) is 0 Å². The molecule has 0 unspecified atom stereocenters. The zero-order valence-electron chi connectivity index (χ0n) is 18.5. The van der Waals surface area contributed by atoms with Crippen molar-refractivity contribution in [3.63, 3.8) is 0 Å². The average Bonchev–Trinajstić information content (AvgIpc) is 2.73. The van der Waals surface area contributed by atoms with Gasteiger partial charge in [-0.3, -0.25) is 9.59 Å². The summed E-state index contributed by atoms with van der Waals surface area (Å²) in [4.78, 5) is 29.7. The summed E-state index contributed by atoms with van der Waals surface area (Å²) in [6, 6.07) is 7.27. The van der Waals surface area contributed by atoms with Gasteiger partial charge >= 0.3 is 0 Å². The molecule has 1 aromatic rings. The van der Waals surface area contributed by atoms with Crippen molar-refractivity contribution in [3.05, 3.63) is 35.4 Å². The standard InChI is InChI=1S/C24H40N2O2/c1-5-9-17-25(18-10-6-2)23(27)21-13-15-22(16-14-21)24(28)26(19-11-7-3)20-12-8-4/h13-16H,5-12,17-20H2,1-4H3. The zero-order chi connectivity index (χ0) is 20.8. The van der Waals surface area contributed by atoms with E-state index in [0.29, 0.717) is 11.1 Å². The third kappa shape index (κ3) is 8.04. The quantitative estimate of drug-likeness (QED) is 0.406. The first-order chi connectivity index (χ1) is 13.6. The van der Waals surface area contributed by atoms with Crippen LogP contribution in [0.4, 0.5) is 0 Å². The molecule has 28 heavy (non-hydrogen) atoms. The van der Waals surface area contributed by atoms with Gasteiger partial charge in [-0.1, -0.05) is 53.4 Å². The molecule has 1 aromatic carbocycles. The number of hydrogen-bond acceptors (Lipinski definition) is 2. The summed E-state index contributed by atoms with van der Waals surface area (Å²) in [5, 5.41) is 0. The number of nitrogens with zero attached hydrogens (tertiary/aromatic N) is 2. The minimum absolute atomic E-state index is 0.0784. The highest BCUT2D eigenvalue weighted by Gasteiger charge is 2.18. The van der Waals surface area contributed by atoms with Gasteiger partial charge in [0, 0.05) is 37.3 Å². The summed E-state index contributed by atoms with van der Waals surface area (Å²) in [5.41, 5.74) is 1.36. The van der Waals surface area contributed by atoms with Gasteiger partial charge in [-0.2, -0.15) is 0 Å². The smallest absolute Gasteiger partial charge is 0.253 e. The summed E-state index contributed by atoms with van der Waals surface area (Å²) in [7, 11) is 0. The van der Waals surface area contributed by atoms with Gasteiger partial charge in [0.15, 0.2) is 0 Å². The molecular weight excluding hydrogens is 348 g/mol. The summed E-state index contributed by atoms with van der Waals surface area (Å²) < 4.78 is 0. The zero-order valence-corrected chi connectivity index (χ0v) is 18.5. The lowest BCUT2D eigenvalue weighted by atomic mass is 10.1. The third-order valence-corrected chi connectivity index (χ3v) is 5.08. The van der Waals surface area contributed by atoms with Crippen LogP contribution in [0, 0.1) is 0 Å². The molecule has 4 heteroatoms. The van der Waals surface area contributed by atoms with Crippen LogP contribution in [-0.2, 0) is 0 Å². The molecule has 0 atom stereocenters. The van der Waals surface area contributed by atoms with E-state index < -0.39 is 0 Å². The van der Waals surface area contributed by atoms with E-state index >= 15 is 0 Å². The van der Waals surface area contributed by atoms with Crippen LogP contribution in [0.5, 0.6) is 0 Å². The predicted molar refractivity (Wildman–Crippen MR) is 118 cm³/mol.